The Balaban J connectivity index is 2.07. The van der Waals surface area contributed by atoms with E-state index in [4.69, 9.17) is 19.3 Å². The van der Waals surface area contributed by atoms with E-state index in [1.165, 1.54) is 0 Å². The van der Waals surface area contributed by atoms with Gasteiger partial charge >= 0.3 is 11.9 Å². The number of aryl methyl sites for hydroxylation is 2. The predicted octanol–water partition coefficient (Wildman–Crippen LogP) is 3.33. The Kier molecular flexibility index (Phi) is 9.15. The number of esters is 1. The van der Waals surface area contributed by atoms with Crippen molar-refractivity contribution >= 4 is 17.6 Å². The Labute approximate surface area is 177 Å². The first-order valence-electron chi connectivity index (χ1n) is 9.83. The highest BCUT2D eigenvalue weighted by molar-refractivity contribution is 5.76. The van der Waals surface area contributed by atoms with E-state index >= 15 is 0 Å². The number of hydrogen-bond acceptors (Lipinski definition) is 6. The monoisotopic (exact) mass is 415 g/mol. The molecule has 0 spiro atoms. The number of hydrogen-bond donors (Lipinski definition) is 1. The van der Waals surface area contributed by atoms with Crippen LogP contribution in [0.1, 0.15) is 24.0 Å². The van der Waals surface area contributed by atoms with Crippen LogP contribution in [-0.4, -0.2) is 51.5 Å². The zero-order valence-electron chi connectivity index (χ0n) is 17.7. The SMILES string of the molecule is COc1ccccc1CCc1cccc(N(C)C)c1OC(=O)CCOCCC(=O)O. The number of rotatable bonds is 12. The Morgan fingerprint density at radius 2 is 1.60 bits per heavy atom. The third-order valence-electron chi connectivity index (χ3n) is 4.54. The molecular weight excluding hydrogens is 386 g/mol. The molecule has 7 heteroatoms. The quantitative estimate of drug-likeness (QED) is 0.323. The summed E-state index contributed by atoms with van der Waals surface area (Å²) in [4.78, 5) is 24.8. The molecule has 1 N–H and O–H groups in total. The van der Waals surface area contributed by atoms with Gasteiger partial charge in [0.25, 0.3) is 0 Å². The second kappa shape index (κ2) is 11.8. The predicted molar refractivity (Wildman–Crippen MR) is 114 cm³/mol. The van der Waals surface area contributed by atoms with E-state index in [9.17, 15) is 9.59 Å². The molecule has 7 nitrogen and oxygen atoms in total. The molecule has 0 aromatic heterocycles. The summed E-state index contributed by atoms with van der Waals surface area (Å²) in [6, 6.07) is 13.7. The number of carboxylic acids is 1. The number of benzene rings is 2. The molecule has 0 aliphatic rings. The molecule has 2 aromatic rings. The highest BCUT2D eigenvalue weighted by Gasteiger charge is 2.16. The van der Waals surface area contributed by atoms with Crippen molar-refractivity contribution in [3.63, 3.8) is 0 Å². The number of ether oxygens (including phenoxy) is 3. The van der Waals surface area contributed by atoms with Crippen molar-refractivity contribution < 1.29 is 28.9 Å². The summed E-state index contributed by atoms with van der Waals surface area (Å²) < 4.78 is 16.3. The number of nitrogens with zero attached hydrogens (tertiary/aromatic N) is 1. The lowest BCUT2D eigenvalue weighted by molar-refractivity contribution is -0.138. The Morgan fingerprint density at radius 3 is 2.30 bits per heavy atom. The molecule has 0 fully saturated rings. The van der Waals surface area contributed by atoms with Crippen LogP contribution in [0.2, 0.25) is 0 Å². The minimum atomic E-state index is -0.933. The fourth-order valence-electron chi connectivity index (χ4n) is 3.00. The molecule has 2 rings (SSSR count). The minimum Gasteiger partial charge on any atom is -0.496 e. The first kappa shape index (κ1) is 23.2. The normalized spacial score (nSPS) is 10.5. The van der Waals surface area contributed by atoms with E-state index in [1.807, 2.05) is 61.5 Å². The topological polar surface area (TPSA) is 85.3 Å². The Bertz CT molecular complexity index is 849. The van der Waals surface area contributed by atoms with Gasteiger partial charge in [-0.1, -0.05) is 30.3 Å². The van der Waals surface area contributed by atoms with Crippen molar-refractivity contribution in [1.29, 1.82) is 0 Å². The largest absolute Gasteiger partial charge is 0.496 e. The fraction of sp³-hybridized carbons (Fsp3) is 0.391. The van der Waals surface area contributed by atoms with Crippen molar-refractivity contribution in [2.75, 3.05) is 39.3 Å². The molecule has 0 radical (unpaired) electrons. The van der Waals surface area contributed by atoms with Crippen LogP contribution in [-0.2, 0) is 27.2 Å². The summed E-state index contributed by atoms with van der Waals surface area (Å²) in [5.74, 6) is 0.0154. The Morgan fingerprint density at radius 1 is 0.933 bits per heavy atom. The van der Waals surface area contributed by atoms with Crippen LogP contribution in [0.3, 0.4) is 0 Å². The molecule has 0 aliphatic carbocycles. The maximum atomic E-state index is 12.4. The van der Waals surface area contributed by atoms with Gasteiger partial charge in [-0.05, 0) is 36.1 Å². The lowest BCUT2D eigenvalue weighted by Crippen LogP contribution is -2.17. The van der Waals surface area contributed by atoms with Crippen molar-refractivity contribution in [1.82, 2.24) is 0 Å². The second-order valence-electron chi connectivity index (χ2n) is 6.95. The molecular formula is C23H29NO6. The average Bonchev–Trinajstić information content (AvgIpc) is 2.72. The van der Waals surface area contributed by atoms with E-state index < -0.39 is 11.9 Å². The lowest BCUT2D eigenvalue weighted by Gasteiger charge is -2.20. The van der Waals surface area contributed by atoms with E-state index in [0.717, 1.165) is 29.0 Å². The van der Waals surface area contributed by atoms with Crippen LogP contribution in [0.15, 0.2) is 42.5 Å². The molecule has 0 saturated carbocycles. The van der Waals surface area contributed by atoms with Crippen LogP contribution in [0.25, 0.3) is 0 Å². The van der Waals surface area contributed by atoms with Crippen molar-refractivity contribution in [3.05, 3.63) is 53.6 Å². The maximum absolute atomic E-state index is 12.4. The smallest absolute Gasteiger partial charge is 0.313 e. The molecule has 30 heavy (non-hydrogen) atoms. The molecule has 0 atom stereocenters. The van der Waals surface area contributed by atoms with Gasteiger partial charge in [-0.2, -0.15) is 0 Å². The molecule has 0 aliphatic heterocycles. The van der Waals surface area contributed by atoms with Gasteiger partial charge in [0, 0.05) is 14.1 Å². The minimum absolute atomic E-state index is 0.0489. The van der Waals surface area contributed by atoms with E-state index in [0.29, 0.717) is 12.2 Å². The number of anilines is 1. The van der Waals surface area contributed by atoms with E-state index in [1.54, 1.807) is 7.11 Å². The van der Waals surface area contributed by atoms with Gasteiger partial charge in [-0.25, -0.2) is 0 Å². The number of carboxylic acid groups (broad SMARTS) is 1. The molecule has 162 valence electrons. The number of methoxy groups -OCH3 is 1. The van der Waals surface area contributed by atoms with Crippen LogP contribution in [0.5, 0.6) is 11.5 Å². The van der Waals surface area contributed by atoms with Crippen molar-refractivity contribution in [2.24, 2.45) is 0 Å². The molecule has 2 aromatic carbocycles. The maximum Gasteiger partial charge on any atom is 0.313 e. The van der Waals surface area contributed by atoms with Gasteiger partial charge in [0.2, 0.25) is 0 Å². The van der Waals surface area contributed by atoms with Crippen LogP contribution >= 0.6 is 0 Å². The van der Waals surface area contributed by atoms with Gasteiger partial charge in [-0.3, -0.25) is 9.59 Å². The van der Waals surface area contributed by atoms with Gasteiger partial charge in [-0.15, -0.1) is 0 Å². The summed E-state index contributed by atoms with van der Waals surface area (Å²) in [6.07, 6.45) is 1.38. The molecule has 0 saturated heterocycles. The summed E-state index contributed by atoms with van der Waals surface area (Å²) in [5.41, 5.74) is 2.82. The standard InChI is InChI=1S/C23H29NO6/c1-24(2)19-9-6-8-18(12-11-17-7-4-5-10-20(17)28-3)23(19)30-22(27)14-16-29-15-13-21(25)26/h4-10H,11-16H2,1-3H3,(H,25,26). The summed E-state index contributed by atoms with van der Waals surface area (Å²) >= 11 is 0. The van der Waals surface area contributed by atoms with Crippen LogP contribution in [0.4, 0.5) is 5.69 Å². The molecule has 0 bridgehead atoms. The van der Waals surface area contributed by atoms with Gasteiger partial charge in [0.15, 0.2) is 5.75 Å². The second-order valence-corrected chi connectivity index (χ2v) is 6.95. The number of para-hydroxylation sites is 2. The zero-order chi connectivity index (χ0) is 21.9. The lowest BCUT2D eigenvalue weighted by atomic mass is 10.0. The third-order valence-corrected chi connectivity index (χ3v) is 4.54. The van der Waals surface area contributed by atoms with Crippen LogP contribution in [0, 0.1) is 0 Å². The fourth-order valence-corrected chi connectivity index (χ4v) is 3.00. The van der Waals surface area contributed by atoms with Crippen molar-refractivity contribution in [3.8, 4) is 11.5 Å². The first-order valence-corrected chi connectivity index (χ1v) is 9.83. The molecule has 0 amide bonds. The van der Waals surface area contributed by atoms with E-state index in [2.05, 4.69) is 0 Å². The number of carbonyl (C=O) groups is 2. The van der Waals surface area contributed by atoms with Gasteiger partial charge in [0.05, 0.1) is 38.9 Å². The Hall–Kier alpha value is -3.06. The average molecular weight is 415 g/mol. The van der Waals surface area contributed by atoms with Crippen LogP contribution < -0.4 is 14.4 Å². The summed E-state index contributed by atoms with van der Waals surface area (Å²) in [7, 11) is 5.44. The zero-order valence-corrected chi connectivity index (χ0v) is 17.7. The first-order chi connectivity index (χ1) is 14.4. The van der Waals surface area contributed by atoms with Crippen molar-refractivity contribution in [2.45, 2.75) is 25.7 Å². The summed E-state index contributed by atoms with van der Waals surface area (Å²) in [5, 5.41) is 8.61. The highest BCUT2D eigenvalue weighted by Crippen LogP contribution is 2.33. The van der Waals surface area contributed by atoms with Gasteiger partial charge < -0.3 is 24.2 Å². The highest BCUT2D eigenvalue weighted by atomic mass is 16.5. The molecule has 0 unspecified atom stereocenters. The van der Waals surface area contributed by atoms with Gasteiger partial charge in [0.1, 0.15) is 5.75 Å². The number of carbonyl (C=O) groups excluding carboxylic acids is 1. The third kappa shape index (κ3) is 7.08. The van der Waals surface area contributed by atoms with E-state index in [-0.39, 0.29) is 26.1 Å². The molecule has 0 heterocycles. The summed E-state index contributed by atoms with van der Waals surface area (Å²) in [6.45, 7) is 0.188. The number of aliphatic carboxylic acids is 1.